The van der Waals surface area contributed by atoms with Crippen LogP contribution in [0.5, 0.6) is 5.75 Å². The molecule has 0 amide bonds. The monoisotopic (exact) mass is 347 g/mol. The Morgan fingerprint density at radius 3 is 2.73 bits per heavy atom. The Bertz CT molecular complexity index is 890. The van der Waals surface area contributed by atoms with Crippen LogP contribution in [0, 0.1) is 0 Å². The molecule has 0 saturated carbocycles. The smallest absolute Gasteiger partial charge is 0.174 e. The lowest BCUT2D eigenvalue weighted by Crippen LogP contribution is -2.13. The van der Waals surface area contributed by atoms with E-state index in [1.807, 2.05) is 47.3 Å². The number of nitrogens with zero attached hydrogens (tertiary/aromatic N) is 4. The molecule has 1 aliphatic heterocycles. The normalized spacial score (nSPS) is 16.5. The molecule has 0 aliphatic carbocycles. The van der Waals surface area contributed by atoms with Crippen molar-refractivity contribution in [3.63, 3.8) is 0 Å². The molecular weight excluding hydrogens is 326 g/mol. The van der Waals surface area contributed by atoms with Gasteiger partial charge in [-0.05, 0) is 62.7 Å². The molecule has 1 aliphatic rings. The van der Waals surface area contributed by atoms with E-state index < -0.39 is 0 Å². The van der Waals surface area contributed by atoms with E-state index in [-0.39, 0.29) is 5.75 Å². The van der Waals surface area contributed by atoms with Crippen molar-refractivity contribution < 1.29 is 5.11 Å². The van der Waals surface area contributed by atoms with Crippen LogP contribution in [-0.2, 0) is 0 Å². The highest BCUT2D eigenvalue weighted by atomic mass is 16.3. The number of hydrogen-bond donors (Lipinski definition) is 2. The third kappa shape index (κ3) is 3.65. The average Bonchev–Trinajstić information content (AvgIpc) is 3.08. The van der Waals surface area contributed by atoms with E-state index >= 15 is 0 Å². The second kappa shape index (κ2) is 7.49. The van der Waals surface area contributed by atoms with E-state index in [4.69, 9.17) is 0 Å². The number of aromatic hydroxyl groups is 1. The Balaban J connectivity index is 1.56. The number of nitrogens with one attached hydrogen (secondary N) is 1. The van der Waals surface area contributed by atoms with Crippen LogP contribution in [0.15, 0.2) is 54.5 Å². The summed E-state index contributed by atoms with van der Waals surface area (Å²) in [4.78, 5) is 4.41. The van der Waals surface area contributed by atoms with Crippen molar-refractivity contribution in [3.8, 4) is 22.7 Å². The van der Waals surface area contributed by atoms with Gasteiger partial charge in [0.05, 0.1) is 6.20 Å². The van der Waals surface area contributed by atoms with Gasteiger partial charge in [0.25, 0.3) is 0 Å². The summed E-state index contributed by atoms with van der Waals surface area (Å²) >= 11 is 0. The first-order chi connectivity index (χ1) is 12.8. The number of hydrogen-bond acceptors (Lipinski definition) is 5. The van der Waals surface area contributed by atoms with Gasteiger partial charge in [-0.15, -0.1) is 10.2 Å². The summed E-state index contributed by atoms with van der Waals surface area (Å²) in [7, 11) is 0. The number of benzene rings is 1. The number of aromatic nitrogens is 4. The van der Waals surface area contributed by atoms with Crippen LogP contribution in [0.1, 0.15) is 25.1 Å². The van der Waals surface area contributed by atoms with E-state index in [1.54, 1.807) is 12.3 Å². The fourth-order valence-corrected chi connectivity index (χ4v) is 3.14. The van der Waals surface area contributed by atoms with E-state index in [0.29, 0.717) is 17.1 Å². The van der Waals surface area contributed by atoms with Crippen LogP contribution < -0.4 is 5.32 Å². The molecule has 6 heteroatoms. The molecule has 3 heterocycles. The van der Waals surface area contributed by atoms with Crippen molar-refractivity contribution in [2.24, 2.45) is 0 Å². The number of phenolic OH excluding ortho intramolecular Hbond substituents is 1. The highest BCUT2D eigenvalue weighted by molar-refractivity contribution is 5.68. The van der Waals surface area contributed by atoms with Gasteiger partial charge in [-0.3, -0.25) is 0 Å². The largest absolute Gasteiger partial charge is 0.507 e. The summed E-state index contributed by atoms with van der Waals surface area (Å²) in [5.74, 6) is 0.780. The van der Waals surface area contributed by atoms with Gasteiger partial charge in [0.2, 0.25) is 0 Å². The molecule has 4 rings (SSSR count). The van der Waals surface area contributed by atoms with Crippen molar-refractivity contribution >= 4 is 6.08 Å². The summed E-state index contributed by atoms with van der Waals surface area (Å²) in [5.41, 5.74) is 3.42. The van der Waals surface area contributed by atoms with Crippen molar-refractivity contribution in [2.45, 2.75) is 19.3 Å². The maximum Gasteiger partial charge on any atom is 0.174 e. The molecular formula is C20H21N5O. The molecule has 2 aromatic heterocycles. The molecule has 132 valence electrons. The van der Waals surface area contributed by atoms with Gasteiger partial charge in [-0.1, -0.05) is 5.57 Å². The number of phenols is 1. The van der Waals surface area contributed by atoms with Crippen LogP contribution >= 0.6 is 0 Å². The summed E-state index contributed by atoms with van der Waals surface area (Å²) < 4.78 is 1.93. The molecule has 0 unspecified atom stereocenters. The van der Waals surface area contributed by atoms with Crippen molar-refractivity contribution in [3.05, 3.63) is 60.3 Å². The second-order valence-corrected chi connectivity index (χ2v) is 6.40. The van der Waals surface area contributed by atoms with E-state index in [2.05, 4.69) is 20.5 Å². The van der Waals surface area contributed by atoms with Crippen LogP contribution in [0.25, 0.3) is 23.0 Å². The SMILES string of the molecule is Oc1cc(-n2cccc2)ccc1-c1cnc(/C=C2/CCCNCC2)nn1. The lowest BCUT2D eigenvalue weighted by Gasteiger charge is -2.08. The standard InChI is InChI=1S/C20H21N5O/c26-19-13-16(25-10-1-2-11-25)5-6-17(19)18-14-22-20(24-23-18)12-15-4-3-8-21-9-7-15/h1-2,5-6,10-14,21,26H,3-4,7-9H2/b15-12-. The molecule has 26 heavy (non-hydrogen) atoms. The molecule has 0 bridgehead atoms. The zero-order valence-electron chi connectivity index (χ0n) is 14.5. The molecule has 1 saturated heterocycles. The summed E-state index contributed by atoms with van der Waals surface area (Å²) in [6.45, 7) is 2.06. The van der Waals surface area contributed by atoms with Crippen LogP contribution in [0.3, 0.4) is 0 Å². The molecule has 2 N–H and O–H groups in total. The van der Waals surface area contributed by atoms with Crippen LogP contribution in [0.2, 0.25) is 0 Å². The third-order valence-electron chi connectivity index (χ3n) is 4.55. The minimum Gasteiger partial charge on any atom is -0.507 e. The highest BCUT2D eigenvalue weighted by Crippen LogP contribution is 2.29. The molecule has 1 fully saturated rings. The van der Waals surface area contributed by atoms with Crippen LogP contribution in [0.4, 0.5) is 0 Å². The fourth-order valence-electron chi connectivity index (χ4n) is 3.14. The molecule has 3 aromatic rings. The summed E-state index contributed by atoms with van der Waals surface area (Å²) in [5, 5.41) is 22.2. The van der Waals surface area contributed by atoms with Gasteiger partial charge in [-0.2, -0.15) is 0 Å². The average molecular weight is 347 g/mol. The third-order valence-corrected chi connectivity index (χ3v) is 4.55. The lowest BCUT2D eigenvalue weighted by molar-refractivity contribution is 0.476. The van der Waals surface area contributed by atoms with E-state index in [9.17, 15) is 5.11 Å². The molecule has 0 radical (unpaired) electrons. The Hall–Kier alpha value is -2.99. The first-order valence-corrected chi connectivity index (χ1v) is 8.86. The van der Waals surface area contributed by atoms with Gasteiger partial charge < -0.3 is 15.0 Å². The maximum absolute atomic E-state index is 10.4. The maximum atomic E-state index is 10.4. The fraction of sp³-hybridized carbons (Fsp3) is 0.250. The Labute approximate surface area is 152 Å². The highest BCUT2D eigenvalue weighted by Gasteiger charge is 2.10. The van der Waals surface area contributed by atoms with Gasteiger partial charge in [-0.25, -0.2) is 4.98 Å². The van der Waals surface area contributed by atoms with Gasteiger partial charge in [0.15, 0.2) is 5.82 Å². The van der Waals surface area contributed by atoms with Gasteiger partial charge >= 0.3 is 0 Å². The summed E-state index contributed by atoms with van der Waals surface area (Å²) in [6.07, 6.45) is 10.8. The van der Waals surface area contributed by atoms with E-state index in [1.165, 1.54) is 5.57 Å². The quantitative estimate of drug-likeness (QED) is 0.761. The minimum atomic E-state index is 0.160. The molecule has 6 nitrogen and oxygen atoms in total. The first kappa shape index (κ1) is 16.5. The Kier molecular flexibility index (Phi) is 4.75. The molecule has 1 aromatic carbocycles. The predicted molar refractivity (Wildman–Crippen MR) is 101 cm³/mol. The zero-order chi connectivity index (χ0) is 17.8. The molecule has 0 atom stereocenters. The van der Waals surface area contributed by atoms with Crippen molar-refractivity contribution in [1.82, 2.24) is 25.1 Å². The topological polar surface area (TPSA) is 75.9 Å². The minimum absolute atomic E-state index is 0.160. The van der Waals surface area contributed by atoms with Gasteiger partial charge in [0.1, 0.15) is 11.4 Å². The first-order valence-electron chi connectivity index (χ1n) is 8.86. The van der Waals surface area contributed by atoms with Crippen molar-refractivity contribution in [1.29, 1.82) is 0 Å². The van der Waals surface area contributed by atoms with Crippen molar-refractivity contribution in [2.75, 3.05) is 13.1 Å². The molecule has 0 spiro atoms. The predicted octanol–water partition coefficient (Wildman–Crippen LogP) is 3.19. The lowest BCUT2D eigenvalue weighted by atomic mass is 10.1. The second-order valence-electron chi connectivity index (χ2n) is 6.40. The zero-order valence-corrected chi connectivity index (χ0v) is 14.5. The Morgan fingerprint density at radius 2 is 1.96 bits per heavy atom. The van der Waals surface area contributed by atoms with Gasteiger partial charge in [0, 0.05) is 29.7 Å². The van der Waals surface area contributed by atoms with E-state index in [0.717, 1.165) is 38.0 Å². The number of rotatable bonds is 3. The van der Waals surface area contributed by atoms with Crippen LogP contribution in [-0.4, -0.2) is 37.9 Å². The summed E-state index contributed by atoms with van der Waals surface area (Å²) in [6, 6.07) is 9.37. The Morgan fingerprint density at radius 1 is 1.08 bits per heavy atom.